The van der Waals surface area contributed by atoms with Gasteiger partial charge in [-0.15, -0.1) is 0 Å². The molecule has 0 aromatic carbocycles. The summed E-state index contributed by atoms with van der Waals surface area (Å²) in [6.45, 7) is 7.30. The van der Waals surface area contributed by atoms with Gasteiger partial charge in [0, 0.05) is 12.1 Å². The second-order valence-electron chi connectivity index (χ2n) is 5.39. The van der Waals surface area contributed by atoms with Crippen molar-refractivity contribution < 1.29 is 9.59 Å². The van der Waals surface area contributed by atoms with Gasteiger partial charge in [0.05, 0.1) is 0 Å². The van der Waals surface area contributed by atoms with Crippen LogP contribution >= 0.6 is 81.1 Å². The van der Waals surface area contributed by atoms with Crippen molar-refractivity contribution in [2.75, 3.05) is 0 Å². The van der Waals surface area contributed by atoms with Gasteiger partial charge in [0.15, 0.2) is 0 Å². The van der Waals surface area contributed by atoms with E-state index in [4.69, 9.17) is 69.6 Å². The molecule has 0 atom stereocenters. The van der Waals surface area contributed by atoms with E-state index in [1.54, 1.807) is 17.8 Å². The van der Waals surface area contributed by atoms with Crippen LogP contribution in [0.25, 0.3) is 0 Å². The summed E-state index contributed by atoms with van der Waals surface area (Å²) in [5.74, 6) is -1.94. The molecule has 1 aromatic rings. The molecular formula is C12H14Cl6N4O2S. The Bertz CT molecular complexity index is 794. The molecule has 25 heavy (non-hydrogen) atoms. The first-order valence-electron chi connectivity index (χ1n) is 6.82. The molecule has 0 fully saturated rings. The number of amides is 2. The van der Waals surface area contributed by atoms with E-state index in [1.165, 1.54) is 4.57 Å². The van der Waals surface area contributed by atoms with Crippen LogP contribution in [0.5, 0.6) is 0 Å². The quantitative estimate of drug-likeness (QED) is 0.585. The summed E-state index contributed by atoms with van der Waals surface area (Å²) in [4.78, 5) is 31.9. The highest BCUT2D eigenvalue weighted by Gasteiger charge is 2.32. The lowest BCUT2D eigenvalue weighted by Crippen LogP contribution is -2.36. The fourth-order valence-electron chi connectivity index (χ4n) is 1.63. The Morgan fingerprint density at radius 3 is 1.68 bits per heavy atom. The molecule has 1 heterocycles. The lowest BCUT2D eigenvalue weighted by Gasteiger charge is -2.11. The van der Waals surface area contributed by atoms with Crippen molar-refractivity contribution in [1.29, 1.82) is 0 Å². The molecule has 0 aliphatic carbocycles. The second kappa shape index (κ2) is 8.50. The van der Waals surface area contributed by atoms with Crippen LogP contribution in [0.4, 0.5) is 0 Å². The van der Waals surface area contributed by atoms with E-state index in [9.17, 15) is 9.59 Å². The Kier molecular flexibility index (Phi) is 7.92. The highest BCUT2D eigenvalue weighted by molar-refractivity contribution is 7.03. The number of carbonyl (C=O) groups excluding carboxylic acids is 2. The number of hydrogen-bond donors (Lipinski definition) is 0. The van der Waals surface area contributed by atoms with Gasteiger partial charge in [-0.1, -0.05) is 69.6 Å². The SMILES string of the molecule is CC(C)n1sc(=NC(=O)C(Cl)(Cl)Cl)n(C(C)C)c1=NC(=O)C(Cl)(Cl)Cl. The van der Waals surface area contributed by atoms with Gasteiger partial charge in [0.2, 0.25) is 10.4 Å². The number of nitrogens with zero attached hydrogens (tertiary/aromatic N) is 4. The van der Waals surface area contributed by atoms with Gasteiger partial charge in [-0.05, 0) is 39.2 Å². The van der Waals surface area contributed by atoms with Crippen molar-refractivity contribution in [1.82, 2.24) is 8.52 Å². The number of aromatic nitrogens is 2. The van der Waals surface area contributed by atoms with Gasteiger partial charge in [-0.25, -0.2) is 0 Å². The van der Waals surface area contributed by atoms with Crippen LogP contribution in [-0.4, -0.2) is 27.9 Å². The highest BCUT2D eigenvalue weighted by atomic mass is 35.6. The minimum absolute atomic E-state index is 0.122. The molecule has 6 nitrogen and oxygen atoms in total. The van der Waals surface area contributed by atoms with Crippen molar-refractivity contribution in [2.45, 2.75) is 47.4 Å². The first kappa shape index (κ1) is 23.3. The van der Waals surface area contributed by atoms with Crippen molar-refractivity contribution in [3.05, 3.63) is 10.4 Å². The van der Waals surface area contributed by atoms with Crippen LogP contribution in [0, 0.1) is 0 Å². The van der Waals surface area contributed by atoms with E-state index in [0.717, 1.165) is 11.5 Å². The van der Waals surface area contributed by atoms with Crippen molar-refractivity contribution >= 4 is 93.0 Å². The molecule has 0 radical (unpaired) electrons. The molecule has 142 valence electrons. The number of carbonyl (C=O) groups is 2. The van der Waals surface area contributed by atoms with Gasteiger partial charge in [-0.2, -0.15) is 9.98 Å². The molecule has 13 heteroatoms. The minimum Gasteiger partial charge on any atom is -0.283 e. The van der Waals surface area contributed by atoms with Crippen LogP contribution in [0.3, 0.4) is 0 Å². The normalized spacial score (nSPS) is 14.7. The van der Waals surface area contributed by atoms with E-state index < -0.39 is 19.4 Å². The lowest BCUT2D eigenvalue weighted by molar-refractivity contribution is -0.118. The third-order valence-corrected chi connectivity index (χ3v) is 4.87. The van der Waals surface area contributed by atoms with Crippen molar-refractivity contribution in [3.63, 3.8) is 0 Å². The number of halogens is 6. The van der Waals surface area contributed by atoms with Crippen LogP contribution < -0.4 is 10.4 Å². The Morgan fingerprint density at radius 2 is 1.32 bits per heavy atom. The smallest absolute Gasteiger partial charge is 0.283 e. The van der Waals surface area contributed by atoms with Gasteiger partial charge in [-0.3, -0.25) is 18.1 Å². The van der Waals surface area contributed by atoms with Crippen molar-refractivity contribution in [3.8, 4) is 0 Å². The molecule has 0 spiro atoms. The molecule has 0 aliphatic rings. The number of hydrogen-bond acceptors (Lipinski definition) is 3. The van der Waals surface area contributed by atoms with Crippen LogP contribution in [0.1, 0.15) is 39.8 Å². The van der Waals surface area contributed by atoms with Crippen LogP contribution in [0.2, 0.25) is 0 Å². The zero-order chi connectivity index (χ0) is 19.7. The van der Waals surface area contributed by atoms with E-state index in [1.807, 2.05) is 13.8 Å². The number of rotatable bonds is 2. The summed E-state index contributed by atoms with van der Waals surface area (Å²) in [5.41, 5.74) is 0.169. The fraction of sp³-hybridized carbons (Fsp3) is 0.667. The van der Waals surface area contributed by atoms with E-state index in [-0.39, 0.29) is 22.5 Å². The molecule has 0 saturated heterocycles. The first-order valence-corrected chi connectivity index (χ1v) is 9.86. The highest BCUT2D eigenvalue weighted by Crippen LogP contribution is 2.28. The van der Waals surface area contributed by atoms with Gasteiger partial charge in [0.1, 0.15) is 0 Å². The maximum absolute atomic E-state index is 12.0. The Hall–Kier alpha value is 0.240. The zero-order valence-electron chi connectivity index (χ0n) is 13.4. The minimum atomic E-state index is -2.21. The van der Waals surface area contributed by atoms with E-state index >= 15 is 0 Å². The average molecular weight is 491 g/mol. The molecule has 0 unspecified atom stereocenters. The molecular weight excluding hydrogens is 477 g/mol. The molecule has 0 bridgehead atoms. The summed E-state index contributed by atoms with van der Waals surface area (Å²) in [5, 5.41) is 0. The Labute approximate surface area is 178 Å². The topological polar surface area (TPSA) is 68.7 Å². The fourth-order valence-corrected chi connectivity index (χ4v) is 2.99. The molecule has 0 saturated carbocycles. The standard InChI is InChI=1S/C12H14Cl6N4O2S/c1-5(2)21-9(19-7(23)11(13,14)15)22(6(3)4)25-10(21)20-8(24)12(16,17)18/h5-6H,1-4H3. The predicted octanol–water partition coefficient (Wildman–Crippen LogP) is 4.11. The van der Waals surface area contributed by atoms with Gasteiger partial charge >= 0.3 is 5.91 Å². The first-order chi connectivity index (χ1) is 11.2. The van der Waals surface area contributed by atoms with Crippen LogP contribution in [0.15, 0.2) is 9.98 Å². The van der Waals surface area contributed by atoms with Crippen LogP contribution in [-0.2, 0) is 9.59 Å². The third kappa shape index (κ3) is 6.13. The second-order valence-corrected chi connectivity index (χ2v) is 10.9. The summed E-state index contributed by atoms with van der Waals surface area (Å²) < 4.78 is -1.26. The summed E-state index contributed by atoms with van der Waals surface area (Å²) in [6.07, 6.45) is 0. The Balaban J connectivity index is 3.84. The average Bonchev–Trinajstić information content (AvgIpc) is 2.75. The third-order valence-electron chi connectivity index (χ3n) is 2.67. The summed E-state index contributed by atoms with van der Waals surface area (Å²) in [6, 6.07) is -0.358. The number of alkyl halides is 6. The van der Waals surface area contributed by atoms with E-state index in [0.29, 0.717) is 0 Å². The largest absolute Gasteiger partial charge is 0.301 e. The van der Waals surface area contributed by atoms with E-state index in [2.05, 4.69) is 9.98 Å². The monoisotopic (exact) mass is 488 g/mol. The summed E-state index contributed by atoms with van der Waals surface area (Å²) >= 11 is 34.5. The molecule has 0 aliphatic heterocycles. The zero-order valence-corrected chi connectivity index (χ0v) is 18.8. The Morgan fingerprint density at radius 1 is 0.880 bits per heavy atom. The van der Waals surface area contributed by atoms with Gasteiger partial charge < -0.3 is 0 Å². The maximum Gasteiger partial charge on any atom is 0.301 e. The maximum atomic E-state index is 12.0. The lowest BCUT2D eigenvalue weighted by atomic mass is 10.4. The van der Waals surface area contributed by atoms with Crippen molar-refractivity contribution in [2.24, 2.45) is 9.98 Å². The predicted molar refractivity (Wildman–Crippen MR) is 103 cm³/mol. The van der Waals surface area contributed by atoms with Gasteiger partial charge in [0.25, 0.3) is 13.5 Å². The molecule has 2 amide bonds. The summed E-state index contributed by atoms with van der Waals surface area (Å²) in [7, 11) is 0. The molecule has 0 N–H and O–H groups in total. The molecule has 1 rings (SSSR count). The molecule has 1 aromatic heterocycles.